The highest BCUT2D eigenvalue weighted by Gasteiger charge is 2.20. The molecule has 0 amide bonds. The third-order valence-corrected chi connectivity index (χ3v) is 9.65. The van der Waals surface area contributed by atoms with E-state index < -0.39 is 0 Å². The number of anilines is 2. The topological polar surface area (TPSA) is 8.17 Å². The summed E-state index contributed by atoms with van der Waals surface area (Å²) in [5.74, 6) is 0. The average Bonchev–Trinajstić information content (AvgIpc) is 3.48. The van der Waals surface area contributed by atoms with Gasteiger partial charge in [-0.25, -0.2) is 0 Å². The summed E-state index contributed by atoms with van der Waals surface area (Å²) < 4.78 is 2.27. The van der Waals surface area contributed by atoms with Crippen LogP contribution in [0.2, 0.25) is 0 Å². The van der Waals surface area contributed by atoms with E-state index in [0.29, 0.717) is 0 Å². The molecule has 2 nitrogen and oxygen atoms in total. The minimum atomic E-state index is 0.888. The minimum absolute atomic E-state index is 0.888. The molecule has 0 bridgehead atoms. The first-order chi connectivity index (χ1) is 25.8. The van der Waals surface area contributed by atoms with Gasteiger partial charge >= 0.3 is 0 Å². The number of rotatable bonds is 12. The molecule has 0 unspecified atom stereocenters. The summed E-state index contributed by atoms with van der Waals surface area (Å²) in [5.41, 5.74) is 16.4. The Balaban J connectivity index is 1.42. The number of aromatic nitrogens is 1. The molecular formula is C51H50N2. The van der Waals surface area contributed by atoms with Gasteiger partial charge < -0.3 is 9.47 Å². The van der Waals surface area contributed by atoms with Crippen LogP contribution in [0.15, 0.2) is 188 Å². The summed E-state index contributed by atoms with van der Waals surface area (Å²) in [5, 5.41) is 1.22. The van der Waals surface area contributed by atoms with Gasteiger partial charge in [-0.05, 0) is 123 Å². The van der Waals surface area contributed by atoms with Gasteiger partial charge in [0.2, 0.25) is 0 Å². The molecular weight excluding hydrogens is 641 g/mol. The monoisotopic (exact) mass is 690 g/mol. The third-order valence-electron chi connectivity index (χ3n) is 9.65. The van der Waals surface area contributed by atoms with Crippen LogP contribution in [0.1, 0.15) is 57.9 Å². The molecule has 6 rings (SSSR count). The van der Waals surface area contributed by atoms with Crippen LogP contribution in [0.5, 0.6) is 0 Å². The van der Waals surface area contributed by atoms with Crippen LogP contribution in [-0.2, 0) is 0 Å². The van der Waals surface area contributed by atoms with Crippen LogP contribution >= 0.6 is 0 Å². The minimum Gasteiger partial charge on any atom is -0.314 e. The van der Waals surface area contributed by atoms with E-state index in [1.165, 1.54) is 61.3 Å². The van der Waals surface area contributed by atoms with Crippen LogP contribution < -0.4 is 4.90 Å². The molecule has 0 radical (unpaired) electrons. The van der Waals surface area contributed by atoms with Crippen LogP contribution in [0, 0.1) is 6.92 Å². The van der Waals surface area contributed by atoms with Crippen molar-refractivity contribution in [3.8, 4) is 22.3 Å². The Bertz CT molecular complexity index is 2370. The number of nitrogens with zero attached hydrogens (tertiary/aromatic N) is 2. The summed E-state index contributed by atoms with van der Waals surface area (Å²) in [7, 11) is 0. The molecule has 0 N–H and O–H groups in total. The van der Waals surface area contributed by atoms with Gasteiger partial charge in [0.05, 0.1) is 5.52 Å². The summed E-state index contributed by atoms with van der Waals surface area (Å²) in [6, 6.07) is 46.1. The smallest absolute Gasteiger partial charge is 0.0537 e. The zero-order valence-corrected chi connectivity index (χ0v) is 32.0. The van der Waals surface area contributed by atoms with Gasteiger partial charge in [0.1, 0.15) is 0 Å². The molecule has 2 heteroatoms. The van der Waals surface area contributed by atoms with E-state index in [0.717, 1.165) is 29.0 Å². The fourth-order valence-electron chi connectivity index (χ4n) is 7.10. The van der Waals surface area contributed by atoms with Crippen molar-refractivity contribution < 1.29 is 0 Å². The second kappa shape index (κ2) is 16.9. The lowest BCUT2D eigenvalue weighted by Gasteiger charge is -2.28. The summed E-state index contributed by atoms with van der Waals surface area (Å²) >= 11 is 0. The van der Waals surface area contributed by atoms with Gasteiger partial charge in [0.15, 0.2) is 0 Å². The number of hydrogen-bond donors (Lipinski definition) is 0. The molecule has 0 fully saturated rings. The maximum Gasteiger partial charge on any atom is 0.0537 e. The van der Waals surface area contributed by atoms with Crippen molar-refractivity contribution >= 4 is 33.5 Å². The van der Waals surface area contributed by atoms with Gasteiger partial charge in [-0.3, -0.25) is 0 Å². The van der Waals surface area contributed by atoms with Crippen molar-refractivity contribution in [2.75, 3.05) is 4.90 Å². The first-order valence-electron chi connectivity index (χ1n) is 18.6. The number of para-hydroxylation sites is 1. The van der Waals surface area contributed by atoms with Gasteiger partial charge in [-0.15, -0.1) is 0 Å². The lowest BCUT2D eigenvalue weighted by molar-refractivity contribution is 1.01. The second-order valence-corrected chi connectivity index (χ2v) is 13.5. The quantitative estimate of drug-likeness (QED) is 0.116. The van der Waals surface area contributed by atoms with E-state index in [9.17, 15) is 0 Å². The zero-order valence-electron chi connectivity index (χ0n) is 32.0. The Hall–Kier alpha value is -6.12. The molecule has 0 spiro atoms. The Morgan fingerprint density at radius 3 is 2.04 bits per heavy atom. The van der Waals surface area contributed by atoms with Gasteiger partial charge in [0, 0.05) is 39.4 Å². The average molecular weight is 691 g/mol. The van der Waals surface area contributed by atoms with Gasteiger partial charge in [-0.1, -0.05) is 140 Å². The zero-order chi connectivity index (χ0) is 37.3. The van der Waals surface area contributed by atoms with Crippen LogP contribution in [0.4, 0.5) is 11.4 Å². The summed E-state index contributed by atoms with van der Waals surface area (Å²) in [6.07, 6.45) is 15.8. The Morgan fingerprint density at radius 1 is 0.679 bits per heavy atom. The van der Waals surface area contributed by atoms with Crippen molar-refractivity contribution in [3.63, 3.8) is 0 Å². The lowest BCUT2D eigenvalue weighted by atomic mass is 9.92. The van der Waals surface area contributed by atoms with Crippen LogP contribution in [0.3, 0.4) is 0 Å². The number of fused-ring (bicyclic) bond motifs is 1. The van der Waals surface area contributed by atoms with Crippen molar-refractivity contribution in [1.29, 1.82) is 0 Å². The highest BCUT2D eigenvalue weighted by molar-refractivity contribution is 6.01. The Labute approximate surface area is 316 Å². The van der Waals surface area contributed by atoms with Crippen molar-refractivity contribution in [1.82, 2.24) is 4.57 Å². The maximum absolute atomic E-state index is 4.45. The maximum atomic E-state index is 4.45. The molecule has 0 atom stereocenters. The van der Waals surface area contributed by atoms with E-state index >= 15 is 0 Å². The Morgan fingerprint density at radius 2 is 1.34 bits per heavy atom. The third kappa shape index (κ3) is 8.03. The van der Waals surface area contributed by atoms with E-state index in [1.54, 1.807) is 0 Å². The molecule has 6 aromatic rings. The molecule has 264 valence electrons. The van der Waals surface area contributed by atoms with E-state index in [-0.39, 0.29) is 0 Å². The largest absolute Gasteiger partial charge is 0.314 e. The van der Waals surface area contributed by atoms with Crippen molar-refractivity contribution in [2.45, 2.75) is 48.0 Å². The molecule has 53 heavy (non-hydrogen) atoms. The van der Waals surface area contributed by atoms with Crippen molar-refractivity contribution in [2.24, 2.45) is 0 Å². The molecule has 0 aliphatic carbocycles. The normalized spacial score (nSPS) is 12.2. The predicted octanol–water partition coefficient (Wildman–Crippen LogP) is 14.7. The van der Waals surface area contributed by atoms with Gasteiger partial charge in [-0.2, -0.15) is 0 Å². The molecule has 0 saturated carbocycles. The molecule has 5 aromatic carbocycles. The van der Waals surface area contributed by atoms with E-state index in [4.69, 9.17) is 0 Å². The molecule has 1 heterocycles. The number of allylic oxidation sites excluding steroid dienone is 10. The fraction of sp³-hybridized carbons (Fsp3) is 0.137. The number of benzene rings is 5. The van der Waals surface area contributed by atoms with Crippen LogP contribution in [0.25, 0.3) is 44.4 Å². The van der Waals surface area contributed by atoms with E-state index in [2.05, 4.69) is 202 Å². The number of hydrogen-bond acceptors (Lipinski definition) is 1. The van der Waals surface area contributed by atoms with Gasteiger partial charge in [0.25, 0.3) is 0 Å². The standard InChI is InChI=1S/C51H50N2/c1-8-11-13-20-38(6)52-39(7)51(49-27-16-17-28-50(49)52)48(10-3)44-25-18-23-42(35-44)43-24-19-26-47(36-43)53(45(9-2)32-29-37(4)5)46-33-30-41(31-34-46)40-21-14-12-15-22-40/h8,10-36H,6,9H2,1-5,7H3/b11-8-,20-13-,45-32+,48-10-. The molecule has 1 aromatic heterocycles. The molecule has 0 saturated heterocycles. The lowest BCUT2D eigenvalue weighted by Crippen LogP contribution is -2.16. The first kappa shape index (κ1) is 36.7. The van der Waals surface area contributed by atoms with Crippen LogP contribution in [-0.4, -0.2) is 4.57 Å². The highest BCUT2D eigenvalue weighted by Crippen LogP contribution is 2.39. The molecule has 0 aliphatic heterocycles. The summed E-state index contributed by atoms with van der Waals surface area (Å²) in [6.45, 7) is 17.3. The predicted molar refractivity (Wildman–Crippen MR) is 232 cm³/mol. The SMILES string of the molecule is C=C(/C=C\C=C/C)n1c(C)c(/C(=C\C)c2cccc(-c3cccc(N(/C(=C/C=C(C)C)CC)c4ccc(-c5ccccc5)cc4)c3)c2)c2ccccc21. The molecule has 0 aliphatic rings. The Kier molecular flexibility index (Phi) is 11.7. The first-order valence-corrected chi connectivity index (χ1v) is 18.6. The van der Waals surface area contributed by atoms with E-state index in [1.807, 2.05) is 25.2 Å². The fourth-order valence-corrected chi connectivity index (χ4v) is 7.10. The van der Waals surface area contributed by atoms with Crippen molar-refractivity contribution in [3.05, 3.63) is 205 Å². The highest BCUT2D eigenvalue weighted by atomic mass is 15.1. The second-order valence-electron chi connectivity index (χ2n) is 13.5. The summed E-state index contributed by atoms with van der Waals surface area (Å²) in [4.78, 5) is 2.40.